The van der Waals surface area contributed by atoms with Gasteiger partial charge in [0, 0.05) is 0 Å². The summed E-state index contributed by atoms with van der Waals surface area (Å²) in [5, 5.41) is 0. The number of aryl methyl sites for hydroxylation is 1. The lowest BCUT2D eigenvalue weighted by molar-refractivity contribution is 0.314. The van der Waals surface area contributed by atoms with Gasteiger partial charge in [-0.2, -0.15) is 0 Å². The first-order chi connectivity index (χ1) is 6.77. The third kappa shape index (κ3) is 3.04. The highest BCUT2D eigenvalue weighted by Crippen LogP contribution is 2.20. The number of nitrogens with two attached hydrogens (primary N) is 1. The summed E-state index contributed by atoms with van der Waals surface area (Å²) in [6.07, 6.45) is 1.93. The lowest BCUT2D eigenvalue weighted by Crippen LogP contribution is -2.06. The maximum Gasteiger partial charge on any atom is 0.122 e. The lowest BCUT2D eigenvalue weighted by Gasteiger charge is -2.10. The lowest BCUT2D eigenvalue weighted by atomic mass is 10.1. The van der Waals surface area contributed by atoms with Gasteiger partial charge in [-0.3, -0.25) is 0 Å². The molecule has 14 heavy (non-hydrogen) atoms. The van der Waals surface area contributed by atoms with Gasteiger partial charge < -0.3 is 10.5 Å². The maximum absolute atomic E-state index is 5.66. The Hall–Kier alpha value is -1.02. The Kier molecular flexibility index (Phi) is 4.47. The van der Waals surface area contributed by atoms with E-state index in [0.29, 0.717) is 6.54 Å². The van der Waals surface area contributed by atoms with Gasteiger partial charge in [-0.25, -0.2) is 0 Å². The van der Waals surface area contributed by atoms with Crippen LogP contribution in [0.4, 0.5) is 0 Å². The summed E-state index contributed by atoms with van der Waals surface area (Å²) in [5.74, 6) is 0.998. The third-order valence-corrected chi connectivity index (χ3v) is 2.10. The molecule has 2 heteroatoms. The van der Waals surface area contributed by atoms with Crippen molar-refractivity contribution in [1.29, 1.82) is 0 Å². The second-order valence-corrected chi connectivity index (χ2v) is 3.50. The molecule has 0 atom stereocenters. The van der Waals surface area contributed by atoms with E-state index in [1.54, 1.807) is 0 Å². The fourth-order valence-electron chi connectivity index (χ4n) is 1.37. The Morgan fingerprint density at radius 1 is 1.36 bits per heavy atom. The van der Waals surface area contributed by atoms with E-state index in [1.807, 2.05) is 0 Å². The molecule has 0 aliphatic heterocycles. The van der Waals surface area contributed by atoms with Gasteiger partial charge >= 0.3 is 0 Å². The van der Waals surface area contributed by atoms with Gasteiger partial charge in [-0.05, 0) is 43.5 Å². The van der Waals surface area contributed by atoms with Crippen molar-refractivity contribution in [3.63, 3.8) is 0 Å². The van der Waals surface area contributed by atoms with Crippen LogP contribution in [-0.2, 0) is 6.42 Å². The van der Waals surface area contributed by atoms with Crippen LogP contribution in [0.15, 0.2) is 18.2 Å². The van der Waals surface area contributed by atoms with E-state index in [1.165, 1.54) is 11.1 Å². The highest BCUT2D eigenvalue weighted by Gasteiger charge is 2.02. The SMILES string of the molecule is CCCOc1cc(C)ccc1CCN. The van der Waals surface area contributed by atoms with Gasteiger partial charge in [0.05, 0.1) is 6.61 Å². The monoisotopic (exact) mass is 193 g/mol. The smallest absolute Gasteiger partial charge is 0.122 e. The molecule has 1 aromatic carbocycles. The maximum atomic E-state index is 5.66. The van der Waals surface area contributed by atoms with E-state index >= 15 is 0 Å². The van der Waals surface area contributed by atoms with Crippen molar-refractivity contribution in [3.05, 3.63) is 29.3 Å². The predicted molar refractivity (Wildman–Crippen MR) is 59.7 cm³/mol. The molecule has 78 valence electrons. The average Bonchev–Trinajstić information content (AvgIpc) is 2.18. The zero-order valence-electron chi connectivity index (χ0n) is 9.05. The van der Waals surface area contributed by atoms with E-state index in [0.717, 1.165) is 25.2 Å². The number of hydrogen-bond acceptors (Lipinski definition) is 2. The van der Waals surface area contributed by atoms with Crippen molar-refractivity contribution in [1.82, 2.24) is 0 Å². The molecule has 2 N–H and O–H groups in total. The summed E-state index contributed by atoms with van der Waals surface area (Å²) >= 11 is 0. The third-order valence-electron chi connectivity index (χ3n) is 2.10. The molecule has 0 unspecified atom stereocenters. The van der Waals surface area contributed by atoms with E-state index in [-0.39, 0.29) is 0 Å². The molecule has 0 radical (unpaired) electrons. The molecule has 0 saturated heterocycles. The minimum Gasteiger partial charge on any atom is -0.493 e. The summed E-state index contributed by atoms with van der Waals surface area (Å²) in [7, 11) is 0. The fourth-order valence-corrected chi connectivity index (χ4v) is 1.37. The normalized spacial score (nSPS) is 10.2. The molecule has 0 fully saturated rings. The molecule has 0 aliphatic carbocycles. The molecule has 1 aromatic rings. The summed E-state index contributed by atoms with van der Waals surface area (Å²) in [4.78, 5) is 0. The Morgan fingerprint density at radius 3 is 2.79 bits per heavy atom. The summed E-state index contributed by atoms with van der Waals surface area (Å²) in [6.45, 7) is 5.63. The molecule has 0 saturated carbocycles. The van der Waals surface area contributed by atoms with Crippen LogP contribution in [-0.4, -0.2) is 13.2 Å². The van der Waals surface area contributed by atoms with Crippen molar-refractivity contribution in [2.45, 2.75) is 26.7 Å². The molecule has 1 rings (SSSR count). The van der Waals surface area contributed by atoms with Crippen LogP contribution in [0.3, 0.4) is 0 Å². The Bertz CT molecular complexity index is 284. The number of benzene rings is 1. The molecule has 0 aromatic heterocycles. The first-order valence-corrected chi connectivity index (χ1v) is 5.20. The number of rotatable bonds is 5. The van der Waals surface area contributed by atoms with Gasteiger partial charge in [-0.15, -0.1) is 0 Å². The van der Waals surface area contributed by atoms with Crippen LogP contribution in [0.25, 0.3) is 0 Å². The molecule has 0 amide bonds. The largest absolute Gasteiger partial charge is 0.493 e. The molecule has 2 nitrogen and oxygen atoms in total. The van der Waals surface area contributed by atoms with E-state index in [2.05, 4.69) is 32.0 Å². The van der Waals surface area contributed by atoms with Crippen LogP contribution in [0.5, 0.6) is 5.75 Å². The Balaban J connectivity index is 2.79. The highest BCUT2D eigenvalue weighted by atomic mass is 16.5. The van der Waals surface area contributed by atoms with Gasteiger partial charge in [0.25, 0.3) is 0 Å². The van der Waals surface area contributed by atoms with Crippen LogP contribution < -0.4 is 10.5 Å². The summed E-state index contributed by atoms with van der Waals surface area (Å²) < 4.78 is 5.66. The van der Waals surface area contributed by atoms with Crippen molar-refractivity contribution in [2.24, 2.45) is 5.73 Å². The number of ether oxygens (including phenoxy) is 1. The fraction of sp³-hybridized carbons (Fsp3) is 0.500. The quantitative estimate of drug-likeness (QED) is 0.778. The topological polar surface area (TPSA) is 35.2 Å². The van der Waals surface area contributed by atoms with Gasteiger partial charge in [0.1, 0.15) is 5.75 Å². The molecule has 0 aliphatic rings. The summed E-state index contributed by atoms with van der Waals surface area (Å²) in [6, 6.07) is 6.29. The minimum atomic E-state index is 0.672. The highest BCUT2D eigenvalue weighted by molar-refractivity contribution is 5.37. The molecule has 0 heterocycles. The minimum absolute atomic E-state index is 0.672. The van der Waals surface area contributed by atoms with Crippen molar-refractivity contribution in [3.8, 4) is 5.75 Å². The van der Waals surface area contributed by atoms with Gasteiger partial charge in [0.2, 0.25) is 0 Å². The van der Waals surface area contributed by atoms with Crippen LogP contribution in [0, 0.1) is 6.92 Å². The number of hydrogen-bond donors (Lipinski definition) is 1. The first kappa shape index (κ1) is 11.1. The Labute approximate surface area is 86.1 Å². The van der Waals surface area contributed by atoms with E-state index in [4.69, 9.17) is 10.5 Å². The average molecular weight is 193 g/mol. The van der Waals surface area contributed by atoms with Crippen molar-refractivity contribution < 1.29 is 4.74 Å². The van der Waals surface area contributed by atoms with Crippen LogP contribution >= 0.6 is 0 Å². The van der Waals surface area contributed by atoms with Crippen LogP contribution in [0.2, 0.25) is 0 Å². The zero-order valence-corrected chi connectivity index (χ0v) is 9.05. The second-order valence-electron chi connectivity index (χ2n) is 3.50. The van der Waals surface area contributed by atoms with E-state index < -0.39 is 0 Å². The Morgan fingerprint density at radius 2 is 2.14 bits per heavy atom. The molecule has 0 bridgehead atoms. The second kappa shape index (κ2) is 5.66. The standard InChI is InChI=1S/C12H19NO/c1-3-8-14-12-9-10(2)4-5-11(12)6-7-13/h4-5,9H,3,6-8,13H2,1-2H3. The van der Waals surface area contributed by atoms with Gasteiger partial charge in [-0.1, -0.05) is 19.1 Å². The van der Waals surface area contributed by atoms with Crippen LogP contribution in [0.1, 0.15) is 24.5 Å². The zero-order chi connectivity index (χ0) is 10.4. The predicted octanol–water partition coefficient (Wildman–Crippen LogP) is 2.29. The molecule has 0 spiro atoms. The molecular formula is C12H19NO. The summed E-state index contributed by atoms with van der Waals surface area (Å²) in [5.41, 5.74) is 7.99. The molecular weight excluding hydrogens is 174 g/mol. The van der Waals surface area contributed by atoms with Gasteiger partial charge in [0.15, 0.2) is 0 Å². The van der Waals surface area contributed by atoms with E-state index in [9.17, 15) is 0 Å². The first-order valence-electron chi connectivity index (χ1n) is 5.20. The van der Waals surface area contributed by atoms with Crippen molar-refractivity contribution >= 4 is 0 Å². The van der Waals surface area contributed by atoms with Crippen molar-refractivity contribution in [2.75, 3.05) is 13.2 Å².